The Balaban J connectivity index is 2.17. The van der Waals surface area contributed by atoms with Crippen LogP contribution in [-0.4, -0.2) is 37.4 Å². The Morgan fingerprint density at radius 3 is 2.24 bits per heavy atom. The number of rotatable bonds is 5. The number of carbonyl (C=O) groups excluding carboxylic acids is 2. The topological polar surface area (TPSA) is 58.6 Å². The smallest absolute Gasteiger partial charge is 0.387 e. The molecule has 0 aliphatic heterocycles. The van der Waals surface area contributed by atoms with Gasteiger partial charge in [0.1, 0.15) is 5.75 Å². The van der Waals surface area contributed by atoms with Crippen LogP contribution in [0.4, 0.5) is 14.5 Å². The molecule has 0 aliphatic carbocycles. The fraction of sp³-hybridized carbons (Fsp3) is 0.176. The van der Waals surface area contributed by atoms with E-state index in [4.69, 9.17) is 11.6 Å². The highest BCUT2D eigenvalue weighted by atomic mass is 35.5. The van der Waals surface area contributed by atoms with Gasteiger partial charge in [-0.1, -0.05) is 11.6 Å². The minimum Gasteiger partial charge on any atom is -0.435 e. The Bertz CT molecular complexity index is 780. The molecule has 0 saturated heterocycles. The minimum absolute atomic E-state index is 0.0526. The molecule has 0 heterocycles. The van der Waals surface area contributed by atoms with E-state index < -0.39 is 12.5 Å². The van der Waals surface area contributed by atoms with Crippen LogP contribution in [0.5, 0.6) is 5.75 Å². The lowest BCUT2D eigenvalue weighted by atomic mass is 10.1. The fourth-order valence-electron chi connectivity index (χ4n) is 1.99. The Kier molecular flexibility index (Phi) is 5.93. The molecule has 1 N–H and O–H groups in total. The van der Waals surface area contributed by atoms with E-state index in [0.717, 1.165) is 0 Å². The number of alkyl halides is 2. The average molecular weight is 369 g/mol. The van der Waals surface area contributed by atoms with Gasteiger partial charge in [-0.05, 0) is 42.5 Å². The number of hydrogen-bond donors (Lipinski definition) is 1. The van der Waals surface area contributed by atoms with Gasteiger partial charge in [0.2, 0.25) is 0 Å². The molecule has 132 valence electrons. The number of amides is 2. The first-order valence-corrected chi connectivity index (χ1v) is 7.53. The molecule has 2 amide bonds. The summed E-state index contributed by atoms with van der Waals surface area (Å²) in [6.07, 6.45) is 0. The van der Waals surface area contributed by atoms with E-state index in [-0.39, 0.29) is 27.9 Å². The molecule has 2 aromatic rings. The van der Waals surface area contributed by atoms with E-state index in [1.165, 1.54) is 41.3 Å². The van der Waals surface area contributed by atoms with Crippen molar-refractivity contribution in [2.45, 2.75) is 6.61 Å². The van der Waals surface area contributed by atoms with Gasteiger partial charge >= 0.3 is 6.61 Å². The molecule has 0 radical (unpaired) electrons. The first kappa shape index (κ1) is 18.7. The number of halogens is 3. The van der Waals surface area contributed by atoms with E-state index in [9.17, 15) is 18.4 Å². The van der Waals surface area contributed by atoms with Crippen LogP contribution in [-0.2, 0) is 0 Å². The number of benzene rings is 2. The first-order valence-electron chi connectivity index (χ1n) is 7.15. The van der Waals surface area contributed by atoms with Crippen molar-refractivity contribution in [2.75, 3.05) is 19.4 Å². The molecule has 0 spiro atoms. The van der Waals surface area contributed by atoms with Crippen LogP contribution in [0.3, 0.4) is 0 Å². The van der Waals surface area contributed by atoms with Crippen LogP contribution in [0, 0.1) is 0 Å². The van der Waals surface area contributed by atoms with Crippen LogP contribution >= 0.6 is 11.6 Å². The maximum atomic E-state index is 12.3. The van der Waals surface area contributed by atoms with Gasteiger partial charge in [0, 0.05) is 25.2 Å². The molecule has 8 heteroatoms. The van der Waals surface area contributed by atoms with Crippen molar-refractivity contribution < 1.29 is 23.1 Å². The number of ether oxygens (including phenoxy) is 1. The van der Waals surface area contributed by atoms with Gasteiger partial charge in [-0.15, -0.1) is 0 Å². The van der Waals surface area contributed by atoms with E-state index in [2.05, 4.69) is 10.1 Å². The van der Waals surface area contributed by atoms with Gasteiger partial charge < -0.3 is 15.0 Å². The molecule has 0 unspecified atom stereocenters. The zero-order chi connectivity index (χ0) is 18.6. The number of nitrogens with zero attached hydrogens (tertiary/aromatic N) is 1. The molecule has 25 heavy (non-hydrogen) atoms. The molecule has 0 saturated carbocycles. The Morgan fingerprint density at radius 2 is 1.68 bits per heavy atom. The van der Waals surface area contributed by atoms with Crippen LogP contribution in [0.15, 0.2) is 42.5 Å². The SMILES string of the molecule is CN(C)C(=O)c1ccc(Cl)c(NC(=O)c2ccc(OC(F)F)cc2)c1. The molecule has 5 nitrogen and oxygen atoms in total. The molecular formula is C17H15ClF2N2O3. The zero-order valence-corrected chi connectivity index (χ0v) is 14.2. The number of carbonyl (C=O) groups is 2. The van der Waals surface area contributed by atoms with Crippen molar-refractivity contribution >= 4 is 29.1 Å². The molecular weight excluding hydrogens is 354 g/mol. The van der Waals surface area contributed by atoms with E-state index in [0.29, 0.717) is 5.56 Å². The number of anilines is 1. The van der Waals surface area contributed by atoms with Crippen molar-refractivity contribution in [2.24, 2.45) is 0 Å². The van der Waals surface area contributed by atoms with Crippen LogP contribution < -0.4 is 10.1 Å². The summed E-state index contributed by atoms with van der Waals surface area (Å²) in [6, 6.07) is 9.73. The highest BCUT2D eigenvalue weighted by Crippen LogP contribution is 2.24. The maximum Gasteiger partial charge on any atom is 0.387 e. The minimum atomic E-state index is -2.93. The Hall–Kier alpha value is -2.67. The molecule has 2 aromatic carbocycles. The van der Waals surface area contributed by atoms with E-state index in [1.54, 1.807) is 20.2 Å². The lowest BCUT2D eigenvalue weighted by Gasteiger charge is -2.13. The van der Waals surface area contributed by atoms with Crippen LogP contribution in [0.25, 0.3) is 0 Å². The third-order valence-electron chi connectivity index (χ3n) is 3.21. The molecule has 2 rings (SSSR count). The second-order valence-electron chi connectivity index (χ2n) is 5.25. The average Bonchev–Trinajstić information content (AvgIpc) is 2.56. The predicted octanol–water partition coefficient (Wildman–Crippen LogP) is 3.90. The summed E-state index contributed by atoms with van der Waals surface area (Å²) >= 11 is 6.05. The summed E-state index contributed by atoms with van der Waals surface area (Å²) < 4.78 is 28.5. The normalized spacial score (nSPS) is 10.5. The fourth-order valence-corrected chi connectivity index (χ4v) is 2.16. The van der Waals surface area contributed by atoms with Crippen molar-refractivity contribution in [3.63, 3.8) is 0 Å². The summed E-state index contributed by atoms with van der Waals surface area (Å²) in [5.74, 6) is -0.788. The van der Waals surface area contributed by atoms with Gasteiger partial charge in [0.05, 0.1) is 10.7 Å². The van der Waals surface area contributed by atoms with Gasteiger partial charge in [0.15, 0.2) is 0 Å². The number of nitrogens with one attached hydrogen (secondary N) is 1. The lowest BCUT2D eigenvalue weighted by molar-refractivity contribution is -0.0498. The van der Waals surface area contributed by atoms with E-state index in [1.807, 2.05) is 0 Å². The van der Waals surface area contributed by atoms with Crippen molar-refractivity contribution in [3.05, 3.63) is 58.6 Å². The highest BCUT2D eigenvalue weighted by Gasteiger charge is 2.14. The second-order valence-corrected chi connectivity index (χ2v) is 5.66. The standard InChI is InChI=1S/C17H15ClF2N2O3/c1-22(2)16(24)11-5-8-13(18)14(9-11)21-15(23)10-3-6-12(7-4-10)25-17(19)20/h3-9,17H,1-2H3,(H,21,23). The van der Waals surface area contributed by atoms with Gasteiger partial charge in [-0.25, -0.2) is 0 Å². The summed E-state index contributed by atoms with van der Waals surface area (Å²) in [6.45, 7) is -2.93. The predicted molar refractivity (Wildman–Crippen MR) is 90.5 cm³/mol. The highest BCUT2D eigenvalue weighted by molar-refractivity contribution is 6.34. The first-order chi connectivity index (χ1) is 11.8. The summed E-state index contributed by atoms with van der Waals surface area (Å²) in [7, 11) is 3.22. The van der Waals surface area contributed by atoms with Crippen molar-refractivity contribution in [1.29, 1.82) is 0 Å². The summed E-state index contributed by atoms with van der Waals surface area (Å²) in [5.41, 5.74) is 0.861. The van der Waals surface area contributed by atoms with Crippen molar-refractivity contribution in [1.82, 2.24) is 4.90 Å². The quantitative estimate of drug-likeness (QED) is 0.870. The summed E-state index contributed by atoms with van der Waals surface area (Å²) in [5, 5.41) is 2.86. The van der Waals surface area contributed by atoms with Gasteiger partial charge in [-0.2, -0.15) is 8.78 Å². The third kappa shape index (κ3) is 4.90. The molecule has 0 atom stereocenters. The maximum absolute atomic E-state index is 12.3. The lowest BCUT2D eigenvalue weighted by Crippen LogP contribution is -2.22. The largest absolute Gasteiger partial charge is 0.435 e. The third-order valence-corrected chi connectivity index (χ3v) is 3.54. The molecule has 0 bridgehead atoms. The summed E-state index contributed by atoms with van der Waals surface area (Å²) in [4.78, 5) is 25.6. The Labute approximate surface area is 148 Å². The van der Waals surface area contributed by atoms with Crippen LogP contribution in [0.1, 0.15) is 20.7 Å². The van der Waals surface area contributed by atoms with Gasteiger partial charge in [-0.3, -0.25) is 9.59 Å². The van der Waals surface area contributed by atoms with Crippen LogP contribution in [0.2, 0.25) is 5.02 Å². The molecule has 0 fully saturated rings. The van der Waals surface area contributed by atoms with E-state index >= 15 is 0 Å². The number of hydrogen-bond acceptors (Lipinski definition) is 3. The molecule has 0 aliphatic rings. The second kappa shape index (κ2) is 7.94. The van der Waals surface area contributed by atoms with Gasteiger partial charge in [0.25, 0.3) is 11.8 Å². The molecule has 0 aromatic heterocycles. The zero-order valence-electron chi connectivity index (χ0n) is 13.4. The Morgan fingerprint density at radius 1 is 1.08 bits per heavy atom. The van der Waals surface area contributed by atoms with Crippen molar-refractivity contribution in [3.8, 4) is 5.75 Å². The monoisotopic (exact) mass is 368 g/mol.